The molecule has 26 heavy (non-hydrogen) atoms. The molecule has 1 saturated heterocycles. The van der Waals surface area contributed by atoms with Gasteiger partial charge in [0.15, 0.2) is 0 Å². The number of amides is 1. The standard InChI is InChI=1S/C21H30N4O/c1-15(2)19-14-23(9-8-21(26)25(19)11-17-5-6-17)12-18-13-24-10-16(3)4-7-20(24)22-18/h4,7,10,13,15,17,19H,5-6,8-9,11-12,14H2,1-3H3. The van der Waals surface area contributed by atoms with Gasteiger partial charge in [0.25, 0.3) is 0 Å². The maximum Gasteiger partial charge on any atom is 0.224 e. The van der Waals surface area contributed by atoms with Crippen LogP contribution in [0.15, 0.2) is 24.5 Å². The van der Waals surface area contributed by atoms with E-state index in [9.17, 15) is 4.79 Å². The fourth-order valence-electron chi connectivity index (χ4n) is 4.03. The van der Waals surface area contributed by atoms with E-state index in [1.165, 1.54) is 18.4 Å². The SMILES string of the molecule is Cc1ccc2nc(CN3CCC(=O)N(CC4CC4)C(C(C)C)C3)cn2c1. The lowest BCUT2D eigenvalue weighted by Crippen LogP contribution is -2.47. The summed E-state index contributed by atoms with van der Waals surface area (Å²) in [6.45, 7) is 10.1. The Hall–Kier alpha value is -1.88. The molecule has 140 valence electrons. The van der Waals surface area contributed by atoms with Gasteiger partial charge in [0, 0.05) is 51.0 Å². The van der Waals surface area contributed by atoms with Crippen molar-refractivity contribution in [1.82, 2.24) is 19.2 Å². The van der Waals surface area contributed by atoms with Crippen LogP contribution in [-0.2, 0) is 11.3 Å². The number of carbonyl (C=O) groups is 1. The first-order valence-corrected chi connectivity index (χ1v) is 9.95. The molecule has 0 spiro atoms. The number of hydrogen-bond acceptors (Lipinski definition) is 3. The fourth-order valence-corrected chi connectivity index (χ4v) is 4.03. The van der Waals surface area contributed by atoms with Crippen LogP contribution in [-0.4, -0.2) is 50.8 Å². The first kappa shape index (κ1) is 17.5. The molecule has 2 fully saturated rings. The van der Waals surface area contributed by atoms with E-state index in [0.29, 0.717) is 24.3 Å². The molecular weight excluding hydrogens is 324 g/mol. The number of hydrogen-bond donors (Lipinski definition) is 0. The van der Waals surface area contributed by atoms with Crippen LogP contribution < -0.4 is 0 Å². The van der Waals surface area contributed by atoms with Gasteiger partial charge in [0.05, 0.1) is 5.69 Å². The molecule has 1 amide bonds. The Kier molecular flexibility index (Phi) is 4.74. The molecule has 5 nitrogen and oxygen atoms in total. The van der Waals surface area contributed by atoms with E-state index in [1.807, 2.05) is 0 Å². The normalized spacial score (nSPS) is 22.4. The Morgan fingerprint density at radius 3 is 2.77 bits per heavy atom. The Labute approximate surface area is 156 Å². The molecule has 2 aromatic rings. The number of aromatic nitrogens is 2. The van der Waals surface area contributed by atoms with E-state index < -0.39 is 0 Å². The lowest BCUT2D eigenvalue weighted by molar-refractivity contribution is -0.133. The van der Waals surface area contributed by atoms with Gasteiger partial charge in [0.1, 0.15) is 5.65 Å². The molecule has 3 heterocycles. The Morgan fingerprint density at radius 2 is 2.04 bits per heavy atom. The minimum atomic E-state index is 0.310. The molecule has 1 aliphatic heterocycles. The summed E-state index contributed by atoms with van der Waals surface area (Å²) < 4.78 is 2.10. The van der Waals surface area contributed by atoms with Gasteiger partial charge in [0.2, 0.25) is 5.91 Å². The minimum absolute atomic E-state index is 0.310. The maximum absolute atomic E-state index is 12.7. The minimum Gasteiger partial charge on any atom is -0.338 e. The van der Waals surface area contributed by atoms with Gasteiger partial charge in [-0.15, -0.1) is 0 Å². The first-order valence-electron chi connectivity index (χ1n) is 9.95. The smallest absolute Gasteiger partial charge is 0.224 e. The van der Waals surface area contributed by atoms with Crippen LogP contribution in [0.3, 0.4) is 0 Å². The Balaban J connectivity index is 1.51. The molecule has 0 radical (unpaired) electrons. The molecule has 0 N–H and O–H groups in total. The maximum atomic E-state index is 12.7. The average Bonchev–Trinajstić information content (AvgIpc) is 3.35. The number of imidazole rings is 1. The molecule has 2 aliphatic rings. The van der Waals surface area contributed by atoms with Gasteiger partial charge < -0.3 is 9.30 Å². The van der Waals surface area contributed by atoms with Gasteiger partial charge in [-0.25, -0.2) is 4.98 Å². The summed E-state index contributed by atoms with van der Waals surface area (Å²) in [4.78, 5) is 22.1. The Bertz CT molecular complexity index is 792. The van der Waals surface area contributed by atoms with E-state index in [1.54, 1.807) is 0 Å². The highest BCUT2D eigenvalue weighted by Gasteiger charge is 2.35. The van der Waals surface area contributed by atoms with Crippen molar-refractivity contribution in [3.63, 3.8) is 0 Å². The molecule has 4 rings (SSSR count). The first-order chi connectivity index (χ1) is 12.5. The molecule has 1 aliphatic carbocycles. The quantitative estimate of drug-likeness (QED) is 0.828. The fraction of sp³-hybridized carbons (Fsp3) is 0.619. The zero-order valence-electron chi connectivity index (χ0n) is 16.2. The summed E-state index contributed by atoms with van der Waals surface area (Å²) in [5.74, 6) is 1.55. The van der Waals surface area contributed by atoms with Gasteiger partial charge in [-0.2, -0.15) is 0 Å². The Morgan fingerprint density at radius 1 is 1.23 bits per heavy atom. The number of aryl methyl sites for hydroxylation is 1. The number of carbonyl (C=O) groups excluding carboxylic acids is 1. The summed E-state index contributed by atoms with van der Waals surface area (Å²) >= 11 is 0. The van der Waals surface area contributed by atoms with Crippen molar-refractivity contribution in [1.29, 1.82) is 0 Å². The lowest BCUT2D eigenvalue weighted by Gasteiger charge is -2.34. The van der Waals surface area contributed by atoms with Crippen molar-refractivity contribution >= 4 is 11.6 Å². The van der Waals surface area contributed by atoms with Crippen LogP contribution in [0.4, 0.5) is 0 Å². The molecule has 2 aromatic heterocycles. The molecule has 1 saturated carbocycles. The van der Waals surface area contributed by atoms with Crippen molar-refractivity contribution in [2.75, 3.05) is 19.6 Å². The van der Waals surface area contributed by atoms with Crippen LogP contribution >= 0.6 is 0 Å². The summed E-state index contributed by atoms with van der Waals surface area (Å²) in [5, 5.41) is 0. The average molecular weight is 354 g/mol. The van der Waals surface area contributed by atoms with Crippen molar-refractivity contribution < 1.29 is 4.79 Å². The van der Waals surface area contributed by atoms with E-state index in [0.717, 1.165) is 43.4 Å². The molecule has 0 aromatic carbocycles. The summed E-state index contributed by atoms with van der Waals surface area (Å²) in [7, 11) is 0. The third-order valence-electron chi connectivity index (χ3n) is 5.76. The van der Waals surface area contributed by atoms with Crippen molar-refractivity contribution in [2.45, 2.75) is 52.6 Å². The van der Waals surface area contributed by atoms with Crippen LogP contribution in [0.1, 0.15) is 44.4 Å². The van der Waals surface area contributed by atoms with Crippen molar-refractivity contribution in [2.24, 2.45) is 11.8 Å². The summed E-state index contributed by atoms with van der Waals surface area (Å²) in [5.41, 5.74) is 3.31. The molecular formula is C21H30N4O. The van der Waals surface area contributed by atoms with Crippen molar-refractivity contribution in [3.8, 4) is 0 Å². The highest BCUT2D eigenvalue weighted by molar-refractivity contribution is 5.77. The molecule has 0 bridgehead atoms. The van der Waals surface area contributed by atoms with Crippen LogP contribution in [0.25, 0.3) is 5.65 Å². The third kappa shape index (κ3) is 3.78. The second kappa shape index (κ2) is 7.03. The monoisotopic (exact) mass is 354 g/mol. The predicted molar refractivity (Wildman–Crippen MR) is 103 cm³/mol. The number of fused-ring (bicyclic) bond motifs is 1. The van der Waals surface area contributed by atoms with E-state index >= 15 is 0 Å². The second-order valence-corrected chi connectivity index (χ2v) is 8.49. The molecule has 5 heteroatoms. The topological polar surface area (TPSA) is 40.9 Å². The van der Waals surface area contributed by atoms with Gasteiger partial charge in [-0.3, -0.25) is 9.69 Å². The van der Waals surface area contributed by atoms with Gasteiger partial charge in [-0.05, 0) is 43.2 Å². The van der Waals surface area contributed by atoms with Crippen molar-refractivity contribution in [3.05, 3.63) is 35.8 Å². The van der Waals surface area contributed by atoms with Gasteiger partial charge >= 0.3 is 0 Å². The predicted octanol–water partition coefficient (Wildman–Crippen LogP) is 3.11. The number of pyridine rings is 1. The lowest BCUT2D eigenvalue weighted by atomic mass is 10.0. The summed E-state index contributed by atoms with van der Waals surface area (Å²) in [6, 6.07) is 4.48. The van der Waals surface area contributed by atoms with Gasteiger partial charge in [-0.1, -0.05) is 19.9 Å². The van der Waals surface area contributed by atoms with E-state index in [4.69, 9.17) is 4.98 Å². The van der Waals surface area contributed by atoms with Crippen LogP contribution in [0.2, 0.25) is 0 Å². The van der Waals surface area contributed by atoms with E-state index in [-0.39, 0.29) is 0 Å². The van der Waals surface area contributed by atoms with Crippen LogP contribution in [0, 0.1) is 18.8 Å². The third-order valence-corrected chi connectivity index (χ3v) is 5.76. The zero-order valence-corrected chi connectivity index (χ0v) is 16.2. The largest absolute Gasteiger partial charge is 0.338 e. The number of rotatable bonds is 5. The zero-order chi connectivity index (χ0) is 18.3. The second-order valence-electron chi connectivity index (χ2n) is 8.49. The highest BCUT2D eigenvalue weighted by atomic mass is 16.2. The van der Waals surface area contributed by atoms with Crippen LogP contribution in [0.5, 0.6) is 0 Å². The molecule has 1 unspecified atom stereocenters. The highest BCUT2D eigenvalue weighted by Crippen LogP contribution is 2.32. The molecule has 1 atom stereocenters. The van der Waals surface area contributed by atoms with E-state index in [2.05, 4.69) is 59.5 Å². The summed E-state index contributed by atoms with van der Waals surface area (Å²) in [6.07, 6.45) is 7.45. The number of nitrogens with zero attached hydrogens (tertiary/aromatic N) is 4.